The molecule has 0 radical (unpaired) electrons. The molecule has 0 heterocycles. The van der Waals surface area contributed by atoms with Gasteiger partial charge in [0.2, 0.25) is 5.78 Å². The van der Waals surface area contributed by atoms with Crippen molar-refractivity contribution in [3.05, 3.63) is 52.0 Å². The smallest absolute Gasteiger partial charge is 0.255 e. The Labute approximate surface area is 221 Å². The molecule has 176 valence electrons. The Bertz CT molecular complexity index is 1160. The second-order valence-corrected chi connectivity index (χ2v) is 8.96. The van der Waals surface area contributed by atoms with E-state index in [0.717, 1.165) is 0 Å². The van der Waals surface area contributed by atoms with Gasteiger partial charge in [-0.1, -0.05) is 12.1 Å². The molecular weight excluding hydrogens is 571 g/mol. The van der Waals surface area contributed by atoms with Crippen LogP contribution in [0, 0.1) is 52.2 Å². The van der Waals surface area contributed by atoms with Gasteiger partial charge in [0.1, 0.15) is 22.8 Å². The van der Waals surface area contributed by atoms with Crippen molar-refractivity contribution in [2.45, 2.75) is 30.6 Å². The van der Waals surface area contributed by atoms with Crippen molar-refractivity contribution in [1.29, 1.82) is 0 Å². The first-order chi connectivity index (χ1) is 14.8. The van der Waals surface area contributed by atoms with E-state index in [-0.39, 0.29) is 57.9 Å². The molecule has 10 nitrogen and oxygen atoms in total. The number of benzene rings is 1. The van der Waals surface area contributed by atoms with E-state index in [1.807, 2.05) is 0 Å². The number of carbonyl (C=O) groups excluding carboxylic acids is 3. The summed E-state index contributed by atoms with van der Waals surface area (Å²) in [6.45, 7) is 1.40. The SMILES string of the molecule is CN(C)[C@@H]1C(O)=C(C(N)=O)C(=O)[C@@]2(O)C(O)=C3C(=O)c4c(O)cccc4[C@@](C)(O)[C@H]3C[C@@H]12.[Sm]. The molecule has 4 rings (SSSR count). The number of amides is 1. The van der Waals surface area contributed by atoms with Crippen LogP contribution >= 0.6 is 0 Å². The maximum Gasteiger partial charge on any atom is 0.255 e. The van der Waals surface area contributed by atoms with Crippen molar-refractivity contribution in [3.63, 3.8) is 0 Å². The summed E-state index contributed by atoms with van der Waals surface area (Å²) in [5.41, 5.74) is -0.654. The number of hydrogen-bond donors (Lipinski definition) is 6. The third kappa shape index (κ3) is 3.21. The van der Waals surface area contributed by atoms with Crippen LogP contribution in [0.25, 0.3) is 0 Å². The number of rotatable bonds is 2. The van der Waals surface area contributed by atoms with Gasteiger partial charge in [-0.25, -0.2) is 0 Å². The normalized spacial score (nSPS) is 33.3. The molecule has 0 bridgehead atoms. The van der Waals surface area contributed by atoms with Crippen LogP contribution in [0.3, 0.4) is 0 Å². The zero-order chi connectivity index (χ0) is 23.9. The minimum Gasteiger partial charge on any atom is -0.510 e. The summed E-state index contributed by atoms with van der Waals surface area (Å²) in [5, 5.41) is 55.0. The second-order valence-electron chi connectivity index (χ2n) is 8.96. The second kappa shape index (κ2) is 8.11. The van der Waals surface area contributed by atoms with Crippen molar-refractivity contribution in [2.24, 2.45) is 17.6 Å². The fourth-order valence-corrected chi connectivity index (χ4v) is 5.51. The van der Waals surface area contributed by atoms with Crippen LogP contribution in [0.15, 0.2) is 40.9 Å². The van der Waals surface area contributed by atoms with Crippen LogP contribution in [0.1, 0.15) is 29.3 Å². The predicted octanol–water partition coefficient (Wildman–Crippen LogP) is -0.214. The van der Waals surface area contributed by atoms with Crippen LogP contribution < -0.4 is 5.73 Å². The van der Waals surface area contributed by atoms with E-state index in [9.17, 15) is 39.9 Å². The number of Topliss-reactive ketones (excluding diaryl/α,β-unsaturated/α-hetero) is 2. The molecular formula is C22H24N2O8Sm. The zero-order valence-electron chi connectivity index (χ0n) is 18.1. The third-order valence-corrected chi connectivity index (χ3v) is 7.02. The van der Waals surface area contributed by atoms with Gasteiger partial charge in [-0.05, 0) is 39.1 Å². The molecule has 11 heteroatoms. The summed E-state index contributed by atoms with van der Waals surface area (Å²) in [7, 11) is 3.06. The van der Waals surface area contributed by atoms with E-state index in [2.05, 4.69) is 0 Å². The van der Waals surface area contributed by atoms with Gasteiger partial charge in [0.15, 0.2) is 11.4 Å². The van der Waals surface area contributed by atoms with E-state index in [1.165, 1.54) is 44.1 Å². The fourth-order valence-electron chi connectivity index (χ4n) is 5.51. The number of primary amides is 1. The summed E-state index contributed by atoms with van der Waals surface area (Å²) in [6, 6.07) is 3.05. The van der Waals surface area contributed by atoms with Gasteiger partial charge < -0.3 is 31.3 Å². The van der Waals surface area contributed by atoms with E-state index in [1.54, 1.807) is 0 Å². The Morgan fingerprint density at radius 1 is 1.15 bits per heavy atom. The van der Waals surface area contributed by atoms with Crippen LogP contribution in [0.2, 0.25) is 0 Å². The van der Waals surface area contributed by atoms with Crippen LogP contribution in [-0.2, 0) is 15.2 Å². The Morgan fingerprint density at radius 2 is 1.76 bits per heavy atom. The van der Waals surface area contributed by atoms with Crippen molar-refractivity contribution in [1.82, 2.24) is 4.90 Å². The Kier molecular flexibility index (Phi) is 6.33. The number of phenols is 1. The summed E-state index contributed by atoms with van der Waals surface area (Å²) in [5.74, 6) is -7.89. The maximum atomic E-state index is 13.3. The number of nitrogens with zero attached hydrogens (tertiary/aromatic N) is 1. The molecule has 1 amide bonds. The minimum absolute atomic E-state index is 0. The first-order valence-electron chi connectivity index (χ1n) is 9.97. The standard InChI is InChI=1S/C22H24N2O8.Sm/c1-21(31)8-5-4-6-11(25)12(8)16(26)13-9(21)7-10-15(24(2)3)17(27)14(20(23)30)19(29)22(10,32)18(13)28;/h4-6,9-10,15,25,27-28,31-32H,7H2,1-3H3,(H2,23,30);/t9-,10-,15-,21+,22-;/m0./s1. The molecule has 1 aromatic carbocycles. The fraction of sp³-hybridized carbons (Fsp3) is 0.409. The van der Waals surface area contributed by atoms with E-state index in [4.69, 9.17) is 5.73 Å². The molecule has 0 aromatic heterocycles. The largest absolute Gasteiger partial charge is 0.510 e. The van der Waals surface area contributed by atoms with Crippen molar-refractivity contribution in [2.75, 3.05) is 14.1 Å². The van der Waals surface area contributed by atoms with Gasteiger partial charge in [-0.3, -0.25) is 19.3 Å². The number of aromatic hydroxyl groups is 1. The van der Waals surface area contributed by atoms with Crippen LogP contribution in [0.5, 0.6) is 5.75 Å². The van der Waals surface area contributed by atoms with Gasteiger partial charge in [-0.2, -0.15) is 0 Å². The molecule has 0 fully saturated rings. The van der Waals surface area contributed by atoms with Gasteiger partial charge in [-0.15, -0.1) is 0 Å². The molecule has 0 aliphatic heterocycles. The number of hydrogen-bond acceptors (Lipinski definition) is 9. The average molecular weight is 595 g/mol. The number of nitrogens with two attached hydrogens (primary N) is 1. The first kappa shape index (κ1) is 25.7. The topological polar surface area (TPSA) is 182 Å². The van der Waals surface area contributed by atoms with E-state index < -0.39 is 75.0 Å². The van der Waals surface area contributed by atoms with Gasteiger partial charge in [0, 0.05) is 57.8 Å². The summed E-state index contributed by atoms with van der Waals surface area (Å²) < 4.78 is 0. The van der Waals surface area contributed by atoms with Gasteiger partial charge in [0.05, 0.1) is 17.2 Å². The molecule has 33 heavy (non-hydrogen) atoms. The first-order valence-corrected chi connectivity index (χ1v) is 9.97. The number of ketones is 2. The van der Waals surface area contributed by atoms with Crippen LogP contribution in [0.4, 0.5) is 0 Å². The molecule has 5 atom stereocenters. The summed E-state index contributed by atoms with van der Waals surface area (Å²) in [4.78, 5) is 39.9. The Hall–Kier alpha value is -1.87. The molecule has 0 spiro atoms. The average Bonchev–Trinajstić information content (AvgIpc) is 2.68. The molecule has 7 N–H and O–H groups in total. The summed E-state index contributed by atoms with van der Waals surface area (Å²) >= 11 is 0. The van der Waals surface area contributed by atoms with E-state index >= 15 is 0 Å². The molecule has 0 saturated heterocycles. The van der Waals surface area contributed by atoms with Crippen molar-refractivity contribution >= 4 is 17.5 Å². The molecule has 1 aromatic rings. The Balaban J connectivity index is 0.00000306. The molecule has 3 aliphatic carbocycles. The number of fused-ring (bicyclic) bond motifs is 3. The quantitative estimate of drug-likeness (QED) is 0.252. The van der Waals surface area contributed by atoms with Crippen molar-refractivity contribution < 1.29 is 80.3 Å². The molecule has 0 saturated carbocycles. The monoisotopic (exact) mass is 596 g/mol. The van der Waals surface area contributed by atoms with Gasteiger partial charge >= 0.3 is 0 Å². The zero-order valence-corrected chi connectivity index (χ0v) is 20.7. The summed E-state index contributed by atoms with van der Waals surface area (Å²) in [6.07, 6.45) is -0.200. The van der Waals surface area contributed by atoms with Crippen molar-refractivity contribution in [3.8, 4) is 5.75 Å². The third-order valence-electron chi connectivity index (χ3n) is 7.02. The number of aliphatic hydroxyl groups is 4. The van der Waals surface area contributed by atoms with Gasteiger partial charge in [0.25, 0.3) is 5.91 Å². The number of likely N-dealkylation sites (N-methyl/N-ethyl adjacent to an activating group) is 1. The van der Waals surface area contributed by atoms with E-state index in [0.29, 0.717) is 0 Å². The minimum atomic E-state index is -2.75. The number of carbonyl (C=O) groups is 3. The Morgan fingerprint density at radius 3 is 2.30 bits per heavy atom. The molecule has 0 unspecified atom stereocenters. The number of aliphatic hydroxyl groups excluding tert-OH is 2. The predicted molar refractivity (Wildman–Crippen MR) is 110 cm³/mol. The maximum absolute atomic E-state index is 13.3. The molecule has 3 aliphatic rings. The van der Waals surface area contributed by atoms with Crippen LogP contribution in [-0.4, -0.2) is 73.6 Å². The number of phenolic OH excluding ortho intramolecular Hbond substituents is 1.